The lowest BCUT2D eigenvalue weighted by atomic mass is 10.2. The summed E-state index contributed by atoms with van der Waals surface area (Å²) in [4.78, 5) is 16.4. The van der Waals surface area contributed by atoms with Crippen molar-refractivity contribution in [1.29, 1.82) is 0 Å². The number of methoxy groups -OCH3 is 3. The van der Waals surface area contributed by atoms with Crippen molar-refractivity contribution in [3.05, 3.63) is 54.2 Å². The molecule has 1 aromatic heterocycles. The Labute approximate surface area is 168 Å². The van der Waals surface area contributed by atoms with E-state index in [0.29, 0.717) is 34.1 Å². The zero-order chi connectivity index (χ0) is 20.6. The highest BCUT2D eigenvalue weighted by Gasteiger charge is 2.11. The number of carbonyl (C=O) groups excluding carboxylic acids is 1. The number of hydrogen-bond acceptors (Lipinski definition) is 7. The van der Waals surface area contributed by atoms with Crippen LogP contribution in [0.2, 0.25) is 0 Å². The smallest absolute Gasteiger partial charge is 0.277 e. The van der Waals surface area contributed by atoms with Crippen LogP contribution in [0.3, 0.4) is 0 Å². The maximum Gasteiger partial charge on any atom is 0.277 e. The molecule has 1 N–H and O–H groups in total. The van der Waals surface area contributed by atoms with Gasteiger partial charge in [0.15, 0.2) is 18.1 Å². The number of benzene rings is 2. The van der Waals surface area contributed by atoms with Crippen molar-refractivity contribution in [2.75, 3.05) is 27.9 Å². The number of carbonyl (C=O) groups is 1. The highest BCUT2D eigenvalue weighted by molar-refractivity contribution is 5.87. The van der Waals surface area contributed by atoms with Gasteiger partial charge in [0.1, 0.15) is 17.0 Å². The number of amides is 1. The normalized spacial score (nSPS) is 10.7. The Kier molecular flexibility index (Phi) is 6.47. The Hall–Kier alpha value is -3.81. The number of nitrogens with zero attached hydrogens (tertiary/aromatic N) is 2. The second-order valence-electron chi connectivity index (χ2n) is 5.86. The molecular weight excluding hydrogens is 374 g/mol. The Bertz CT molecular complexity index is 1030. The second-order valence-corrected chi connectivity index (χ2v) is 5.86. The standard InChI is InChI=1S/C21H21N3O5/c1-26-17-11-19(28-3)18(27-2)10-15(17)12-23-24-20(25)13-29-16-8-4-6-14-7-5-9-22-21(14)16/h4-12H,13H2,1-3H3,(H,24,25)/b23-12+. The summed E-state index contributed by atoms with van der Waals surface area (Å²) in [5, 5.41) is 4.89. The quantitative estimate of drug-likeness (QED) is 0.466. The molecule has 0 saturated heterocycles. The monoisotopic (exact) mass is 395 g/mol. The maximum atomic E-state index is 12.1. The highest BCUT2D eigenvalue weighted by Crippen LogP contribution is 2.33. The van der Waals surface area contributed by atoms with E-state index >= 15 is 0 Å². The summed E-state index contributed by atoms with van der Waals surface area (Å²) >= 11 is 0. The summed E-state index contributed by atoms with van der Waals surface area (Å²) in [6.45, 7) is -0.198. The largest absolute Gasteiger partial charge is 0.496 e. The number of nitrogens with one attached hydrogen (secondary N) is 1. The summed E-state index contributed by atoms with van der Waals surface area (Å²) in [5.74, 6) is 1.70. The zero-order valence-electron chi connectivity index (χ0n) is 16.3. The van der Waals surface area contributed by atoms with Gasteiger partial charge in [-0.2, -0.15) is 5.10 Å². The van der Waals surface area contributed by atoms with Gasteiger partial charge in [0.2, 0.25) is 0 Å². The van der Waals surface area contributed by atoms with E-state index in [1.165, 1.54) is 27.5 Å². The summed E-state index contributed by atoms with van der Waals surface area (Å²) in [6, 6.07) is 12.7. The van der Waals surface area contributed by atoms with Crippen LogP contribution in [0.15, 0.2) is 53.8 Å². The molecule has 0 aliphatic heterocycles. The zero-order valence-corrected chi connectivity index (χ0v) is 16.3. The third-order valence-corrected chi connectivity index (χ3v) is 4.08. The maximum absolute atomic E-state index is 12.1. The average molecular weight is 395 g/mol. The van der Waals surface area contributed by atoms with Crippen LogP contribution < -0.4 is 24.4 Å². The predicted octanol–water partition coefficient (Wildman–Crippen LogP) is 2.79. The molecule has 1 amide bonds. The molecule has 8 heteroatoms. The van der Waals surface area contributed by atoms with Gasteiger partial charge >= 0.3 is 0 Å². The minimum Gasteiger partial charge on any atom is -0.496 e. The molecule has 3 rings (SSSR count). The van der Waals surface area contributed by atoms with E-state index in [0.717, 1.165) is 5.39 Å². The first-order valence-electron chi connectivity index (χ1n) is 8.74. The van der Waals surface area contributed by atoms with Crippen LogP contribution in [0.4, 0.5) is 0 Å². The fourth-order valence-corrected chi connectivity index (χ4v) is 2.70. The first-order valence-corrected chi connectivity index (χ1v) is 8.74. The van der Waals surface area contributed by atoms with Crippen LogP contribution in [-0.2, 0) is 4.79 Å². The van der Waals surface area contributed by atoms with Gasteiger partial charge in [0.05, 0.1) is 27.5 Å². The fraction of sp³-hybridized carbons (Fsp3) is 0.190. The lowest BCUT2D eigenvalue weighted by molar-refractivity contribution is -0.123. The van der Waals surface area contributed by atoms with Crippen molar-refractivity contribution < 1.29 is 23.7 Å². The minimum atomic E-state index is -0.409. The van der Waals surface area contributed by atoms with E-state index in [2.05, 4.69) is 15.5 Å². The number of hydrogen-bond donors (Lipinski definition) is 1. The van der Waals surface area contributed by atoms with E-state index < -0.39 is 5.91 Å². The Morgan fingerprint density at radius 1 is 1.00 bits per heavy atom. The Morgan fingerprint density at radius 3 is 2.48 bits per heavy atom. The van der Waals surface area contributed by atoms with Crippen LogP contribution in [-0.4, -0.2) is 45.0 Å². The van der Waals surface area contributed by atoms with Gasteiger partial charge in [-0.05, 0) is 18.2 Å². The van der Waals surface area contributed by atoms with Crippen LogP contribution >= 0.6 is 0 Å². The number of aromatic nitrogens is 1. The van der Waals surface area contributed by atoms with Gasteiger partial charge in [-0.3, -0.25) is 9.78 Å². The summed E-state index contributed by atoms with van der Waals surface area (Å²) < 4.78 is 21.4. The Morgan fingerprint density at radius 2 is 1.72 bits per heavy atom. The molecule has 1 heterocycles. The molecule has 0 radical (unpaired) electrons. The molecule has 3 aromatic rings. The van der Waals surface area contributed by atoms with Gasteiger partial charge in [0, 0.05) is 23.2 Å². The van der Waals surface area contributed by atoms with Gasteiger partial charge in [-0.25, -0.2) is 5.43 Å². The summed E-state index contributed by atoms with van der Waals surface area (Å²) in [5.41, 5.74) is 3.74. The van der Waals surface area contributed by atoms with Crippen LogP contribution in [0.5, 0.6) is 23.0 Å². The number of fused-ring (bicyclic) bond motifs is 1. The molecule has 0 bridgehead atoms. The van der Waals surface area contributed by atoms with E-state index in [1.54, 1.807) is 24.4 Å². The minimum absolute atomic E-state index is 0.198. The molecule has 0 fully saturated rings. The van der Waals surface area contributed by atoms with E-state index in [1.807, 2.05) is 24.3 Å². The summed E-state index contributed by atoms with van der Waals surface area (Å²) in [6.07, 6.45) is 3.13. The number of para-hydroxylation sites is 1. The summed E-state index contributed by atoms with van der Waals surface area (Å²) in [7, 11) is 4.60. The molecule has 2 aromatic carbocycles. The SMILES string of the molecule is COc1cc(OC)c(OC)cc1/C=N/NC(=O)COc1cccc2cccnc12. The van der Waals surface area contributed by atoms with Crippen LogP contribution in [0.1, 0.15) is 5.56 Å². The third kappa shape index (κ3) is 4.73. The van der Waals surface area contributed by atoms with Crippen molar-refractivity contribution in [3.63, 3.8) is 0 Å². The third-order valence-electron chi connectivity index (χ3n) is 4.08. The molecule has 150 valence electrons. The van der Waals surface area contributed by atoms with E-state index in [-0.39, 0.29) is 6.61 Å². The van der Waals surface area contributed by atoms with E-state index in [9.17, 15) is 4.79 Å². The molecule has 0 spiro atoms. The molecule has 0 aliphatic carbocycles. The van der Waals surface area contributed by atoms with Crippen LogP contribution in [0, 0.1) is 0 Å². The second kappa shape index (κ2) is 9.41. The number of hydrazone groups is 1. The number of rotatable bonds is 8. The van der Waals surface area contributed by atoms with Gasteiger partial charge in [-0.15, -0.1) is 0 Å². The number of ether oxygens (including phenoxy) is 4. The molecular formula is C21H21N3O5. The van der Waals surface area contributed by atoms with Crippen LogP contribution in [0.25, 0.3) is 10.9 Å². The topological polar surface area (TPSA) is 91.3 Å². The predicted molar refractivity (Wildman–Crippen MR) is 109 cm³/mol. The molecule has 0 atom stereocenters. The molecule has 0 saturated carbocycles. The van der Waals surface area contributed by atoms with Crippen molar-refractivity contribution in [2.24, 2.45) is 5.10 Å². The Balaban J connectivity index is 1.64. The first kappa shape index (κ1) is 19.9. The van der Waals surface area contributed by atoms with E-state index in [4.69, 9.17) is 18.9 Å². The van der Waals surface area contributed by atoms with Crippen molar-refractivity contribution in [2.45, 2.75) is 0 Å². The van der Waals surface area contributed by atoms with Crippen molar-refractivity contribution in [3.8, 4) is 23.0 Å². The van der Waals surface area contributed by atoms with Crippen molar-refractivity contribution >= 4 is 23.0 Å². The lowest BCUT2D eigenvalue weighted by Gasteiger charge is -2.11. The van der Waals surface area contributed by atoms with Gasteiger partial charge < -0.3 is 18.9 Å². The highest BCUT2D eigenvalue weighted by atomic mass is 16.5. The van der Waals surface area contributed by atoms with Gasteiger partial charge in [-0.1, -0.05) is 18.2 Å². The van der Waals surface area contributed by atoms with Gasteiger partial charge in [0.25, 0.3) is 5.91 Å². The van der Waals surface area contributed by atoms with Crippen molar-refractivity contribution in [1.82, 2.24) is 10.4 Å². The lowest BCUT2D eigenvalue weighted by Crippen LogP contribution is -2.24. The molecule has 29 heavy (non-hydrogen) atoms. The first-order chi connectivity index (χ1) is 14.2. The average Bonchev–Trinajstić information content (AvgIpc) is 2.77. The number of pyridine rings is 1. The molecule has 0 aliphatic rings. The molecule has 8 nitrogen and oxygen atoms in total. The fourth-order valence-electron chi connectivity index (χ4n) is 2.70. The molecule has 0 unspecified atom stereocenters.